The molecule has 3 amide bonds. The summed E-state index contributed by atoms with van der Waals surface area (Å²) >= 11 is 12.4. The number of nitrogens with zero attached hydrogens (tertiary/aromatic N) is 5. The number of nitrogens with one attached hydrogen (secondary N) is 1. The zero-order valence-electron chi connectivity index (χ0n) is 23.0. The van der Waals surface area contributed by atoms with E-state index in [0.29, 0.717) is 23.2 Å². The van der Waals surface area contributed by atoms with E-state index in [4.69, 9.17) is 28.5 Å². The number of aromatic nitrogens is 2. The molecule has 4 N–H and O–H groups in total. The van der Waals surface area contributed by atoms with E-state index in [1.165, 1.54) is 34.7 Å². The van der Waals surface area contributed by atoms with Crippen molar-refractivity contribution in [2.24, 2.45) is 5.73 Å². The zero-order chi connectivity index (χ0) is 31.7. The molecule has 0 spiro atoms. The number of benzene rings is 2. The van der Waals surface area contributed by atoms with Gasteiger partial charge in [0.05, 0.1) is 23.5 Å². The third-order valence-corrected chi connectivity index (χ3v) is 9.42. The molecule has 1 saturated heterocycles. The number of amides is 3. The SMILES string of the molecule is CNC(N)=O.C[C@@]1(Cc2ccc(C#N)cc2)C(=O)N(c2cc(Cl)cc(Cl)c2)c2ncc(S(=O)(=O)N3CCC[C@H]3C(=O)O)n21. The maximum Gasteiger partial charge on any atom is 0.322 e. The standard InChI is InChI=1S/C25H21Cl2N5O5S.C2H6N2O/c1-25(12-15-4-6-16(13-28)7-5-15)23(35)31(19-10-17(26)9-18(27)11-19)24-29-14-21(32(24)25)38(36,37)30-8-2-3-20(30)22(33)34;1-4-2(3)5/h4-7,9-11,14,20H,2-3,8,12H2,1H3,(H,33,34);1H3,(H3,3,4,5)/t20-,25+;/m0./s1. The molecule has 2 atom stereocenters. The number of aliphatic carboxylic acids is 1. The van der Waals surface area contributed by atoms with E-state index in [0.717, 1.165) is 10.5 Å². The van der Waals surface area contributed by atoms with E-state index in [9.17, 15) is 27.9 Å². The molecule has 1 fully saturated rings. The third-order valence-electron chi connectivity index (χ3n) is 7.11. The second kappa shape index (κ2) is 12.2. The quantitative estimate of drug-likeness (QED) is 0.363. The summed E-state index contributed by atoms with van der Waals surface area (Å²) in [5, 5.41) is 21.2. The lowest BCUT2D eigenvalue weighted by Crippen LogP contribution is -2.45. The average Bonchev–Trinajstić information content (AvgIpc) is 3.66. The van der Waals surface area contributed by atoms with Gasteiger partial charge in [-0.1, -0.05) is 35.3 Å². The van der Waals surface area contributed by atoms with Crippen molar-refractivity contribution in [2.45, 2.75) is 42.8 Å². The van der Waals surface area contributed by atoms with Crippen molar-refractivity contribution in [3.8, 4) is 6.07 Å². The van der Waals surface area contributed by atoms with Gasteiger partial charge in [-0.25, -0.2) is 23.1 Å². The highest BCUT2D eigenvalue weighted by Crippen LogP contribution is 2.45. The Labute approximate surface area is 257 Å². The van der Waals surface area contributed by atoms with Crippen LogP contribution in [0.2, 0.25) is 10.0 Å². The molecule has 1 aromatic heterocycles. The summed E-state index contributed by atoms with van der Waals surface area (Å²) in [6.45, 7) is 1.64. The first-order valence-electron chi connectivity index (χ1n) is 12.8. The van der Waals surface area contributed by atoms with Crippen molar-refractivity contribution in [1.29, 1.82) is 5.26 Å². The minimum atomic E-state index is -4.36. The van der Waals surface area contributed by atoms with Gasteiger partial charge in [0.1, 0.15) is 11.6 Å². The molecular formula is C27H27Cl2N7O6S. The van der Waals surface area contributed by atoms with Crippen molar-refractivity contribution < 1.29 is 27.9 Å². The first-order valence-corrected chi connectivity index (χ1v) is 15.0. The number of rotatable bonds is 6. The number of fused-ring (bicyclic) bond motifs is 1. The third kappa shape index (κ3) is 6.02. The van der Waals surface area contributed by atoms with E-state index < -0.39 is 39.5 Å². The highest BCUT2D eigenvalue weighted by Gasteiger charge is 2.53. The normalized spacial score (nSPS) is 19.7. The minimum Gasteiger partial charge on any atom is -0.480 e. The number of sulfonamides is 1. The number of carboxylic acid groups (broad SMARTS) is 1. The first kappa shape index (κ1) is 31.8. The second-order valence-electron chi connectivity index (χ2n) is 9.99. The predicted molar refractivity (Wildman–Crippen MR) is 158 cm³/mol. The van der Waals surface area contributed by atoms with Gasteiger partial charge in [0, 0.05) is 30.1 Å². The molecule has 2 aliphatic rings. The Kier molecular flexibility index (Phi) is 9.02. The number of carbonyl (C=O) groups excluding carboxylic acids is 2. The molecule has 226 valence electrons. The molecule has 0 saturated carbocycles. The van der Waals surface area contributed by atoms with Crippen molar-refractivity contribution in [3.63, 3.8) is 0 Å². The molecule has 13 nitrogen and oxygen atoms in total. The van der Waals surface area contributed by atoms with Gasteiger partial charge in [0.2, 0.25) is 5.95 Å². The number of carboxylic acids is 1. The largest absolute Gasteiger partial charge is 0.480 e. The predicted octanol–water partition coefficient (Wildman–Crippen LogP) is 3.22. The lowest BCUT2D eigenvalue weighted by atomic mass is 9.91. The van der Waals surface area contributed by atoms with Crippen molar-refractivity contribution in [1.82, 2.24) is 19.2 Å². The van der Waals surface area contributed by atoms with Crippen LogP contribution in [0.3, 0.4) is 0 Å². The Hall–Kier alpha value is -4.16. The highest BCUT2D eigenvalue weighted by atomic mass is 35.5. The molecule has 43 heavy (non-hydrogen) atoms. The summed E-state index contributed by atoms with van der Waals surface area (Å²) in [6.07, 6.45) is 1.79. The Bertz CT molecular complexity index is 1720. The van der Waals surface area contributed by atoms with E-state index in [1.807, 2.05) is 6.07 Å². The average molecular weight is 649 g/mol. The summed E-state index contributed by atoms with van der Waals surface area (Å²) in [4.78, 5) is 41.0. The first-order chi connectivity index (χ1) is 20.2. The van der Waals surface area contributed by atoms with Gasteiger partial charge in [-0.3, -0.25) is 14.2 Å². The number of halogens is 2. The topological polar surface area (TPSA) is 192 Å². The molecule has 0 aliphatic carbocycles. The van der Waals surface area contributed by atoms with Gasteiger partial charge in [0.15, 0.2) is 5.03 Å². The Morgan fingerprint density at radius 1 is 1.21 bits per heavy atom. The monoisotopic (exact) mass is 647 g/mol. The molecule has 2 aromatic carbocycles. The summed E-state index contributed by atoms with van der Waals surface area (Å²) in [5.41, 5.74) is 4.48. The second-order valence-corrected chi connectivity index (χ2v) is 12.7. The Morgan fingerprint density at radius 3 is 2.35 bits per heavy atom. The Balaban J connectivity index is 0.000000782. The van der Waals surface area contributed by atoms with Gasteiger partial charge in [-0.05, 0) is 55.7 Å². The maximum absolute atomic E-state index is 14.1. The number of hydrogen-bond donors (Lipinski definition) is 3. The van der Waals surface area contributed by atoms with E-state index in [1.54, 1.807) is 31.2 Å². The number of urea groups is 1. The van der Waals surface area contributed by atoms with Gasteiger partial charge in [-0.15, -0.1) is 0 Å². The number of hydrogen-bond acceptors (Lipinski definition) is 7. The Morgan fingerprint density at radius 2 is 1.81 bits per heavy atom. The molecule has 3 aromatic rings. The molecule has 2 aliphatic heterocycles. The van der Waals surface area contributed by atoms with Crippen LogP contribution in [0, 0.1) is 11.3 Å². The molecule has 0 unspecified atom stereocenters. The number of imidazole rings is 1. The van der Waals surface area contributed by atoms with Crippen LogP contribution in [0.1, 0.15) is 30.9 Å². The lowest BCUT2D eigenvalue weighted by molar-refractivity contribution is -0.140. The van der Waals surface area contributed by atoms with E-state index in [2.05, 4.69) is 16.0 Å². The fraction of sp³-hybridized carbons (Fsp3) is 0.296. The molecule has 0 radical (unpaired) electrons. The number of carbonyl (C=O) groups is 3. The van der Waals surface area contributed by atoms with Crippen molar-refractivity contribution in [2.75, 3.05) is 18.5 Å². The van der Waals surface area contributed by atoms with Gasteiger partial charge in [0.25, 0.3) is 15.9 Å². The van der Waals surface area contributed by atoms with Crippen LogP contribution in [0.5, 0.6) is 0 Å². The number of anilines is 2. The molecule has 5 rings (SSSR count). The highest BCUT2D eigenvalue weighted by molar-refractivity contribution is 7.89. The molecule has 3 heterocycles. The summed E-state index contributed by atoms with van der Waals surface area (Å²) in [6, 6.07) is 11.5. The smallest absolute Gasteiger partial charge is 0.322 e. The van der Waals surface area contributed by atoms with Gasteiger partial charge >= 0.3 is 12.0 Å². The van der Waals surface area contributed by atoms with Gasteiger partial charge in [-0.2, -0.15) is 9.57 Å². The van der Waals surface area contributed by atoms with Crippen LogP contribution in [0.25, 0.3) is 0 Å². The van der Waals surface area contributed by atoms with E-state index >= 15 is 0 Å². The fourth-order valence-electron chi connectivity index (χ4n) is 5.10. The van der Waals surface area contributed by atoms with E-state index in [-0.39, 0.29) is 40.4 Å². The maximum atomic E-state index is 14.1. The van der Waals surface area contributed by atoms with Crippen LogP contribution < -0.4 is 16.0 Å². The zero-order valence-corrected chi connectivity index (χ0v) is 25.3. The molecule has 16 heteroatoms. The number of nitriles is 1. The lowest BCUT2D eigenvalue weighted by Gasteiger charge is -2.28. The molecular weight excluding hydrogens is 621 g/mol. The fourth-order valence-corrected chi connectivity index (χ4v) is 7.46. The van der Waals surface area contributed by atoms with Gasteiger partial charge < -0.3 is 16.2 Å². The van der Waals surface area contributed by atoms with Crippen LogP contribution >= 0.6 is 23.2 Å². The number of nitrogens with two attached hydrogens (primary N) is 1. The minimum absolute atomic E-state index is 0.0354. The number of primary amides is 1. The van der Waals surface area contributed by atoms with Crippen molar-refractivity contribution >= 4 is 62.8 Å². The summed E-state index contributed by atoms with van der Waals surface area (Å²) < 4.78 is 30.0. The van der Waals surface area contributed by atoms with Crippen LogP contribution in [-0.4, -0.2) is 64.9 Å². The van der Waals surface area contributed by atoms with Crippen LogP contribution in [-0.2, 0) is 31.6 Å². The summed E-state index contributed by atoms with van der Waals surface area (Å²) in [5.74, 6) is -1.68. The van der Waals surface area contributed by atoms with Crippen LogP contribution in [0.4, 0.5) is 16.4 Å². The van der Waals surface area contributed by atoms with Crippen molar-refractivity contribution in [3.05, 3.63) is 69.8 Å². The molecule has 0 bridgehead atoms. The van der Waals surface area contributed by atoms with Crippen LogP contribution in [0.15, 0.2) is 53.7 Å². The summed E-state index contributed by atoms with van der Waals surface area (Å²) in [7, 11) is -2.88.